The minimum Gasteiger partial charge on any atom is -0.501 e. The van der Waals surface area contributed by atoms with E-state index in [4.69, 9.17) is 13.3 Å². The van der Waals surface area contributed by atoms with Crippen LogP contribution in [-0.4, -0.2) is 23.0 Å². The third-order valence-corrected chi connectivity index (χ3v) is 5.47. The van der Waals surface area contributed by atoms with E-state index in [1.54, 1.807) is 20.3 Å². The van der Waals surface area contributed by atoms with Crippen LogP contribution in [0.25, 0.3) is 6.08 Å². The summed E-state index contributed by atoms with van der Waals surface area (Å²) in [7, 11) is 0.747. The van der Waals surface area contributed by atoms with Crippen LogP contribution in [0.3, 0.4) is 0 Å². The molecule has 0 unspecified atom stereocenters. The first kappa shape index (κ1) is 14.0. The number of rotatable bonds is 7. The van der Waals surface area contributed by atoms with Gasteiger partial charge >= 0.3 is 8.80 Å². The lowest BCUT2D eigenvalue weighted by atomic mass is 10.2. The van der Waals surface area contributed by atoms with Crippen LogP contribution < -0.4 is 4.43 Å². The van der Waals surface area contributed by atoms with Crippen molar-refractivity contribution < 1.29 is 13.3 Å². The summed E-state index contributed by atoms with van der Waals surface area (Å²) >= 11 is 0. The van der Waals surface area contributed by atoms with E-state index in [0.717, 1.165) is 23.8 Å². The summed E-state index contributed by atoms with van der Waals surface area (Å²) in [4.78, 5) is 0. The minimum absolute atomic E-state index is 0.777. The molecule has 0 fully saturated rings. The van der Waals surface area contributed by atoms with E-state index in [0.29, 0.717) is 0 Å². The Morgan fingerprint density at radius 1 is 1.18 bits per heavy atom. The summed E-state index contributed by atoms with van der Waals surface area (Å²) in [5.41, 5.74) is 1.06. The van der Waals surface area contributed by atoms with Gasteiger partial charge in [-0.15, -0.1) is 0 Å². The van der Waals surface area contributed by atoms with Crippen molar-refractivity contribution in [2.45, 2.75) is 19.4 Å². The third kappa shape index (κ3) is 3.69. The molecule has 0 saturated heterocycles. The van der Waals surface area contributed by atoms with Crippen molar-refractivity contribution in [1.82, 2.24) is 0 Å². The average molecular weight is 252 g/mol. The van der Waals surface area contributed by atoms with Gasteiger partial charge in [-0.25, -0.2) is 0 Å². The Labute approximate surface area is 104 Å². The zero-order valence-electron chi connectivity index (χ0n) is 10.7. The molecule has 0 bridgehead atoms. The topological polar surface area (TPSA) is 27.7 Å². The highest BCUT2D eigenvalue weighted by molar-refractivity contribution is 6.61. The number of benzene rings is 1. The van der Waals surface area contributed by atoms with E-state index in [9.17, 15) is 0 Å². The van der Waals surface area contributed by atoms with Crippen LogP contribution in [0.4, 0.5) is 0 Å². The average Bonchev–Trinajstić information content (AvgIpc) is 2.39. The molecule has 0 radical (unpaired) electrons. The smallest absolute Gasteiger partial charge is 0.501 e. The quantitative estimate of drug-likeness (QED) is 0.697. The van der Waals surface area contributed by atoms with Crippen molar-refractivity contribution in [2.24, 2.45) is 0 Å². The van der Waals surface area contributed by atoms with E-state index in [1.165, 1.54) is 0 Å². The molecule has 0 aliphatic rings. The van der Waals surface area contributed by atoms with Gasteiger partial charge in [0.1, 0.15) is 5.75 Å². The van der Waals surface area contributed by atoms with Crippen molar-refractivity contribution in [1.29, 1.82) is 0 Å². The van der Waals surface area contributed by atoms with Crippen LogP contribution in [0.15, 0.2) is 30.8 Å². The Morgan fingerprint density at radius 2 is 1.76 bits per heavy atom. The van der Waals surface area contributed by atoms with Crippen molar-refractivity contribution in [3.63, 3.8) is 0 Å². The molecule has 3 nitrogen and oxygen atoms in total. The molecule has 0 N–H and O–H groups in total. The first-order valence-corrected chi connectivity index (χ1v) is 7.64. The molecule has 0 heterocycles. The minimum atomic E-state index is -2.54. The second kappa shape index (κ2) is 6.59. The van der Waals surface area contributed by atoms with Crippen LogP contribution >= 0.6 is 0 Å². The summed E-state index contributed by atoms with van der Waals surface area (Å²) in [6.07, 6.45) is 2.77. The molecular weight excluding hydrogens is 232 g/mol. The van der Waals surface area contributed by atoms with Crippen LogP contribution in [0, 0.1) is 0 Å². The van der Waals surface area contributed by atoms with Crippen molar-refractivity contribution in [2.75, 3.05) is 14.2 Å². The first-order valence-electron chi connectivity index (χ1n) is 5.71. The van der Waals surface area contributed by atoms with Gasteiger partial charge < -0.3 is 13.3 Å². The standard InChI is InChI=1S/C13H20O3Si/c1-5-11-17(14-3,15-4)16-13-9-7-12(6-2)8-10-13/h6-10H,2,5,11H2,1,3-4H3. The van der Waals surface area contributed by atoms with Gasteiger partial charge in [0.05, 0.1) is 0 Å². The lowest BCUT2D eigenvalue weighted by Gasteiger charge is -2.26. The van der Waals surface area contributed by atoms with Gasteiger partial charge in [-0.05, 0) is 17.7 Å². The molecule has 0 aliphatic carbocycles. The highest BCUT2D eigenvalue weighted by atomic mass is 28.4. The van der Waals surface area contributed by atoms with Crippen molar-refractivity contribution in [3.8, 4) is 5.75 Å². The molecule has 1 rings (SSSR count). The van der Waals surface area contributed by atoms with Gasteiger partial charge in [-0.1, -0.05) is 38.1 Å². The van der Waals surface area contributed by atoms with Crippen molar-refractivity contribution in [3.05, 3.63) is 36.4 Å². The maximum atomic E-state index is 5.90. The first-order chi connectivity index (χ1) is 8.19. The van der Waals surface area contributed by atoms with Crippen molar-refractivity contribution >= 4 is 14.9 Å². The number of hydrogen-bond acceptors (Lipinski definition) is 3. The van der Waals surface area contributed by atoms with E-state index < -0.39 is 8.80 Å². The fourth-order valence-corrected chi connectivity index (χ4v) is 3.53. The highest BCUT2D eigenvalue weighted by Crippen LogP contribution is 2.22. The predicted octanol–water partition coefficient (Wildman–Crippen LogP) is 3.35. The Hall–Kier alpha value is -1.10. The van der Waals surface area contributed by atoms with E-state index in [1.807, 2.05) is 24.3 Å². The van der Waals surface area contributed by atoms with Crippen LogP contribution in [-0.2, 0) is 8.85 Å². The molecule has 0 amide bonds. The second-order valence-electron chi connectivity index (χ2n) is 3.72. The molecule has 17 heavy (non-hydrogen) atoms. The summed E-state index contributed by atoms with van der Waals surface area (Å²) in [5, 5.41) is 0. The summed E-state index contributed by atoms with van der Waals surface area (Å²) in [6.45, 7) is 5.80. The molecule has 0 spiro atoms. The van der Waals surface area contributed by atoms with Gasteiger partial charge in [-0.3, -0.25) is 0 Å². The Bertz CT molecular complexity index is 344. The zero-order valence-corrected chi connectivity index (χ0v) is 11.7. The maximum Gasteiger partial charge on any atom is 0.565 e. The predicted molar refractivity (Wildman–Crippen MR) is 72.0 cm³/mol. The molecule has 1 aromatic rings. The normalized spacial score (nSPS) is 11.2. The fourth-order valence-electron chi connectivity index (χ4n) is 1.58. The molecule has 0 aromatic heterocycles. The molecule has 4 heteroatoms. The third-order valence-electron chi connectivity index (χ3n) is 2.57. The SMILES string of the molecule is C=Cc1ccc(O[Si](CCC)(OC)OC)cc1. The summed E-state index contributed by atoms with van der Waals surface area (Å²) in [6, 6.07) is 8.54. The molecule has 94 valence electrons. The van der Waals surface area contributed by atoms with Crippen LogP contribution in [0.1, 0.15) is 18.9 Å². The molecule has 0 atom stereocenters. The maximum absolute atomic E-state index is 5.90. The van der Waals surface area contributed by atoms with Gasteiger partial charge in [0.15, 0.2) is 0 Å². The zero-order chi connectivity index (χ0) is 12.7. The lowest BCUT2D eigenvalue weighted by molar-refractivity contribution is 0.160. The van der Waals surface area contributed by atoms with E-state index >= 15 is 0 Å². The molecular formula is C13H20O3Si. The summed E-state index contributed by atoms with van der Waals surface area (Å²) in [5.74, 6) is 0.777. The van der Waals surface area contributed by atoms with Crippen LogP contribution in [0.5, 0.6) is 5.75 Å². The van der Waals surface area contributed by atoms with E-state index in [2.05, 4.69) is 13.5 Å². The molecule has 0 aliphatic heterocycles. The van der Waals surface area contributed by atoms with E-state index in [-0.39, 0.29) is 0 Å². The largest absolute Gasteiger partial charge is 0.565 e. The monoisotopic (exact) mass is 252 g/mol. The Morgan fingerprint density at radius 3 is 2.18 bits per heavy atom. The lowest BCUT2D eigenvalue weighted by Crippen LogP contribution is -2.46. The van der Waals surface area contributed by atoms with Gasteiger partial charge in [-0.2, -0.15) is 0 Å². The highest BCUT2D eigenvalue weighted by Gasteiger charge is 2.40. The van der Waals surface area contributed by atoms with Crippen LogP contribution in [0.2, 0.25) is 6.04 Å². The second-order valence-corrected chi connectivity index (χ2v) is 6.60. The fraction of sp³-hybridized carbons (Fsp3) is 0.385. The van der Waals surface area contributed by atoms with Gasteiger partial charge in [0.2, 0.25) is 0 Å². The number of hydrogen-bond donors (Lipinski definition) is 0. The Kier molecular flexibility index (Phi) is 5.41. The van der Waals surface area contributed by atoms with Gasteiger partial charge in [0.25, 0.3) is 0 Å². The molecule has 1 aromatic carbocycles. The molecule has 0 saturated carbocycles. The summed E-state index contributed by atoms with van der Waals surface area (Å²) < 4.78 is 16.8. The van der Waals surface area contributed by atoms with Gasteiger partial charge in [0, 0.05) is 20.3 Å². The Balaban J connectivity index is 2.81.